The van der Waals surface area contributed by atoms with Crippen molar-refractivity contribution in [3.63, 3.8) is 0 Å². The van der Waals surface area contributed by atoms with E-state index in [0.29, 0.717) is 19.0 Å². The maximum absolute atomic E-state index is 12.4. The Hall–Kier alpha value is -1.70. The van der Waals surface area contributed by atoms with Crippen LogP contribution >= 0.6 is 11.8 Å². The van der Waals surface area contributed by atoms with E-state index in [9.17, 15) is 9.59 Å². The van der Waals surface area contributed by atoms with Gasteiger partial charge in [0.15, 0.2) is 0 Å². The van der Waals surface area contributed by atoms with Crippen molar-refractivity contribution in [1.82, 2.24) is 24.9 Å². The van der Waals surface area contributed by atoms with Gasteiger partial charge in [-0.05, 0) is 18.9 Å². The lowest BCUT2D eigenvalue weighted by atomic mass is 9.84. The first-order valence-corrected chi connectivity index (χ1v) is 10.3. The number of hydrogen-bond donors (Lipinski definition) is 1. The Morgan fingerprint density at radius 2 is 1.96 bits per heavy atom. The molecule has 1 N–H and O–H groups in total. The summed E-state index contributed by atoms with van der Waals surface area (Å²) >= 11 is 1.89. The van der Waals surface area contributed by atoms with Gasteiger partial charge in [0.05, 0.1) is 31.0 Å². The maximum Gasteiger partial charge on any atom is 0.317 e. The third kappa shape index (κ3) is 3.63. The first-order valence-electron chi connectivity index (χ1n) is 9.15. The molecule has 7 nitrogen and oxygen atoms in total. The van der Waals surface area contributed by atoms with Crippen LogP contribution in [0.3, 0.4) is 0 Å². The first-order chi connectivity index (χ1) is 12.2. The van der Waals surface area contributed by atoms with E-state index in [2.05, 4.69) is 10.4 Å². The molecule has 25 heavy (non-hydrogen) atoms. The van der Waals surface area contributed by atoms with Gasteiger partial charge in [0.1, 0.15) is 0 Å². The molecule has 1 aromatic rings. The standard InChI is InChI=1S/C17H25N5O2S/c23-16(13-2-1-3-13)21-4-5-22-15(12-21)10-14(19-22)11-18-17(24)20-6-8-25-9-7-20/h10,13H,1-9,11-12H2,(H,18,24). The second-order valence-electron chi connectivity index (χ2n) is 7.00. The predicted molar refractivity (Wildman–Crippen MR) is 96.1 cm³/mol. The van der Waals surface area contributed by atoms with Crippen LogP contribution in [0.2, 0.25) is 0 Å². The summed E-state index contributed by atoms with van der Waals surface area (Å²) in [5, 5.41) is 7.55. The van der Waals surface area contributed by atoms with Crippen LogP contribution in [-0.4, -0.2) is 62.7 Å². The number of nitrogens with one attached hydrogen (secondary N) is 1. The molecule has 3 amide bonds. The molecule has 0 unspecified atom stereocenters. The fraction of sp³-hybridized carbons (Fsp3) is 0.706. The van der Waals surface area contributed by atoms with Crippen LogP contribution in [0.1, 0.15) is 30.7 Å². The molecule has 8 heteroatoms. The fourth-order valence-corrected chi connectivity index (χ4v) is 4.46. The molecule has 3 aliphatic rings. The number of hydrogen-bond acceptors (Lipinski definition) is 4. The van der Waals surface area contributed by atoms with Gasteiger partial charge in [0.25, 0.3) is 0 Å². The molecule has 0 bridgehead atoms. The molecule has 136 valence electrons. The first kappa shape index (κ1) is 16.8. The van der Waals surface area contributed by atoms with E-state index in [1.54, 1.807) is 0 Å². The second kappa shape index (κ2) is 7.27. The van der Waals surface area contributed by atoms with Crippen LogP contribution in [0.5, 0.6) is 0 Å². The number of carbonyl (C=O) groups excluding carboxylic acids is 2. The molecular formula is C17H25N5O2S. The minimum absolute atomic E-state index is 0.00643. The second-order valence-corrected chi connectivity index (χ2v) is 8.22. The van der Waals surface area contributed by atoms with Crippen molar-refractivity contribution < 1.29 is 9.59 Å². The molecule has 1 aliphatic carbocycles. The predicted octanol–water partition coefficient (Wildman–Crippen LogP) is 1.28. The quantitative estimate of drug-likeness (QED) is 0.878. The minimum Gasteiger partial charge on any atom is -0.335 e. The summed E-state index contributed by atoms with van der Waals surface area (Å²) in [6.45, 7) is 4.19. The topological polar surface area (TPSA) is 70.5 Å². The minimum atomic E-state index is -0.00643. The molecular weight excluding hydrogens is 338 g/mol. The van der Waals surface area contributed by atoms with Crippen molar-refractivity contribution >= 4 is 23.7 Å². The number of carbonyl (C=O) groups is 2. The van der Waals surface area contributed by atoms with Gasteiger partial charge in [0.2, 0.25) is 5.91 Å². The van der Waals surface area contributed by atoms with Crippen LogP contribution in [-0.2, 0) is 24.4 Å². The Morgan fingerprint density at radius 1 is 1.16 bits per heavy atom. The molecule has 1 saturated carbocycles. The summed E-state index contributed by atoms with van der Waals surface area (Å²) in [7, 11) is 0. The zero-order valence-corrected chi connectivity index (χ0v) is 15.3. The highest BCUT2D eigenvalue weighted by molar-refractivity contribution is 7.99. The Balaban J connectivity index is 1.32. The van der Waals surface area contributed by atoms with Crippen molar-refractivity contribution in [3.05, 3.63) is 17.5 Å². The molecule has 1 saturated heterocycles. The van der Waals surface area contributed by atoms with Crippen molar-refractivity contribution in [1.29, 1.82) is 0 Å². The van der Waals surface area contributed by atoms with E-state index in [1.165, 1.54) is 6.42 Å². The molecule has 2 fully saturated rings. The van der Waals surface area contributed by atoms with Crippen molar-refractivity contribution in [2.45, 2.75) is 38.9 Å². The number of fused-ring (bicyclic) bond motifs is 1. The average molecular weight is 363 g/mol. The number of nitrogens with zero attached hydrogens (tertiary/aromatic N) is 4. The lowest BCUT2D eigenvalue weighted by Gasteiger charge is -2.34. The molecule has 4 rings (SSSR count). The van der Waals surface area contributed by atoms with E-state index < -0.39 is 0 Å². The van der Waals surface area contributed by atoms with E-state index in [-0.39, 0.29) is 11.9 Å². The van der Waals surface area contributed by atoms with Gasteiger partial charge in [-0.3, -0.25) is 9.48 Å². The summed E-state index contributed by atoms with van der Waals surface area (Å²) in [6, 6.07) is 2.01. The van der Waals surface area contributed by atoms with E-state index >= 15 is 0 Å². The van der Waals surface area contributed by atoms with Gasteiger partial charge >= 0.3 is 6.03 Å². The molecule has 0 radical (unpaired) electrons. The Labute approximate surface area is 152 Å². The molecule has 0 atom stereocenters. The molecule has 1 aromatic heterocycles. The average Bonchev–Trinajstić information content (AvgIpc) is 3.01. The van der Waals surface area contributed by atoms with Crippen LogP contribution < -0.4 is 5.32 Å². The molecule has 3 heterocycles. The number of urea groups is 1. The lowest BCUT2D eigenvalue weighted by molar-refractivity contribution is -0.139. The monoisotopic (exact) mass is 363 g/mol. The molecule has 0 spiro atoms. The summed E-state index contributed by atoms with van der Waals surface area (Å²) < 4.78 is 1.98. The Morgan fingerprint density at radius 3 is 2.68 bits per heavy atom. The zero-order chi connectivity index (χ0) is 17.2. The van der Waals surface area contributed by atoms with Crippen LogP contribution in [0.4, 0.5) is 4.79 Å². The number of amides is 3. The maximum atomic E-state index is 12.4. The van der Waals surface area contributed by atoms with Gasteiger partial charge in [-0.25, -0.2) is 4.79 Å². The lowest BCUT2D eigenvalue weighted by Crippen LogP contribution is -2.44. The third-order valence-corrected chi connectivity index (χ3v) is 6.28. The van der Waals surface area contributed by atoms with Crippen molar-refractivity contribution in [3.8, 4) is 0 Å². The van der Waals surface area contributed by atoms with Gasteiger partial charge in [-0.15, -0.1) is 0 Å². The number of rotatable bonds is 3. The van der Waals surface area contributed by atoms with Crippen molar-refractivity contribution in [2.24, 2.45) is 5.92 Å². The van der Waals surface area contributed by atoms with E-state index in [4.69, 9.17) is 0 Å². The molecule has 2 aliphatic heterocycles. The largest absolute Gasteiger partial charge is 0.335 e. The Kier molecular flexibility index (Phi) is 4.87. The van der Waals surface area contributed by atoms with E-state index in [0.717, 1.165) is 61.9 Å². The molecule has 0 aromatic carbocycles. The summed E-state index contributed by atoms with van der Waals surface area (Å²) in [5.41, 5.74) is 1.94. The van der Waals surface area contributed by atoms with Crippen LogP contribution in [0, 0.1) is 5.92 Å². The number of aromatic nitrogens is 2. The zero-order valence-electron chi connectivity index (χ0n) is 14.4. The van der Waals surface area contributed by atoms with E-state index in [1.807, 2.05) is 32.3 Å². The van der Waals surface area contributed by atoms with Gasteiger partial charge in [-0.2, -0.15) is 16.9 Å². The van der Waals surface area contributed by atoms with Gasteiger partial charge in [-0.1, -0.05) is 6.42 Å². The van der Waals surface area contributed by atoms with Gasteiger partial charge < -0.3 is 15.1 Å². The number of thioether (sulfide) groups is 1. The van der Waals surface area contributed by atoms with Crippen molar-refractivity contribution in [2.75, 3.05) is 31.1 Å². The van der Waals surface area contributed by atoms with Gasteiger partial charge in [0, 0.05) is 37.1 Å². The normalized spacial score (nSPS) is 20.8. The summed E-state index contributed by atoms with van der Waals surface area (Å²) in [5.74, 6) is 2.57. The summed E-state index contributed by atoms with van der Waals surface area (Å²) in [4.78, 5) is 28.4. The van der Waals surface area contributed by atoms with Crippen LogP contribution in [0.15, 0.2) is 6.07 Å². The van der Waals surface area contributed by atoms with Crippen LogP contribution in [0.25, 0.3) is 0 Å². The smallest absolute Gasteiger partial charge is 0.317 e. The Bertz CT molecular complexity index is 651. The SMILES string of the molecule is O=C(NCc1cc2n(n1)CCN(C(=O)C1CCC1)C2)N1CCSCC1. The fourth-order valence-electron chi connectivity index (χ4n) is 3.56. The third-order valence-electron chi connectivity index (χ3n) is 5.33. The highest BCUT2D eigenvalue weighted by atomic mass is 32.2. The summed E-state index contributed by atoms with van der Waals surface area (Å²) in [6.07, 6.45) is 3.27. The highest BCUT2D eigenvalue weighted by Gasteiger charge is 2.31. The highest BCUT2D eigenvalue weighted by Crippen LogP contribution is 2.29.